The molecule has 2 aromatic carbocycles. The molecule has 0 bridgehead atoms. The van der Waals surface area contributed by atoms with E-state index in [1.54, 1.807) is 0 Å². The molecule has 4 rings (SSSR count). The van der Waals surface area contributed by atoms with Crippen molar-refractivity contribution in [3.05, 3.63) is 99.0 Å². The number of halogens is 7. The zero-order valence-electron chi connectivity index (χ0n) is 24.5. The molecule has 4 aromatic rings. The summed E-state index contributed by atoms with van der Waals surface area (Å²) in [5.41, 5.74) is -4.55. The number of nitriles is 1. The Kier molecular flexibility index (Phi) is 9.76. The molecule has 0 radical (unpaired) electrons. The van der Waals surface area contributed by atoms with Gasteiger partial charge in [0.25, 0.3) is 5.56 Å². The van der Waals surface area contributed by atoms with E-state index < -0.39 is 81.1 Å². The van der Waals surface area contributed by atoms with E-state index in [1.165, 1.54) is 38.1 Å². The number of amides is 1. The molecule has 1 unspecified atom stereocenters. The van der Waals surface area contributed by atoms with Crippen molar-refractivity contribution >= 4 is 26.8 Å². The quantitative estimate of drug-likeness (QED) is 0.217. The lowest BCUT2D eigenvalue weighted by Gasteiger charge is -2.30. The van der Waals surface area contributed by atoms with Crippen molar-refractivity contribution in [1.29, 1.82) is 5.26 Å². The zero-order valence-corrected chi connectivity index (χ0v) is 25.3. The molecule has 47 heavy (non-hydrogen) atoms. The van der Waals surface area contributed by atoms with Crippen molar-refractivity contribution in [3.63, 3.8) is 0 Å². The number of nitrogens with zero attached hydrogens (tertiary/aromatic N) is 5. The Bertz CT molecular complexity index is 2040. The van der Waals surface area contributed by atoms with Crippen molar-refractivity contribution < 1.29 is 43.9 Å². The number of rotatable bonds is 9. The first kappa shape index (κ1) is 35.0. The van der Waals surface area contributed by atoms with Crippen LogP contribution in [-0.2, 0) is 33.4 Å². The number of pyridine rings is 1. The van der Waals surface area contributed by atoms with E-state index in [0.717, 1.165) is 21.6 Å². The molecule has 0 saturated carbocycles. The summed E-state index contributed by atoms with van der Waals surface area (Å²) in [6.07, 6.45) is -10.8. The predicted molar refractivity (Wildman–Crippen MR) is 154 cm³/mol. The summed E-state index contributed by atoms with van der Waals surface area (Å²) in [6.45, 7) is 2.09. The van der Waals surface area contributed by atoms with Crippen LogP contribution in [0, 0.1) is 17.1 Å². The van der Waals surface area contributed by atoms with Crippen LogP contribution >= 0.6 is 0 Å². The maximum Gasteiger partial charge on any atom is 0.433 e. The Morgan fingerprint density at radius 2 is 1.66 bits per heavy atom. The number of benzene rings is 2. The van der Waals surface area contributed by atoms with Gasteiger partial charge in [0.15, 0.2) is 15.5 Å². The molecule has 0 N–H and O–H groups in total. The first-order valence-corrected chi connectivity index (χ1v) is 15.6. The molecule has 0 aliphatic heterocycles. The summed E-state index contributed by atoms with van der Waals surface area (Å²) < 4.78 is 120. The maximum atomic E-state index is 13.9. The first-order chi connectivity index (χ1) is 21.9. The third-order valence-electron chi connectivity index (χ3n) is 7.24. The van der Waals surface area contributed by atoms with E-state index in [-0.39, 0.29) is 33.8 Å². The fourth-order valence-electron chi connectivity index (χ4n) is 4.69. The van der Waals surface area contributed by atoms with Gasteiger partial charge >= 0.3 is 12.4 Å². The highest BCUT2D eigenvalue weighted by Gasteiger charge is 2.36. The monoisotopic (exact) mass is 683 g/mol. The second-order valence-corrected chi connectivity index (χ2v) is 12.8. The standard InChI is InChI=1S/C30H24F7N5O4S/c1-3-47(45,46)13-12-41(25(43)15-19-6-10-23(31)22(14-19)29(32,33)34)17(2)27-40-26-21(9-11-24(39-26)30(35,36)37)28(44)42(27)20-7-4-18(16-38)5-8-20/h4-11,14,17H,3,12-13,15H2,1-2H3. The zero-order chi connectivity index (χ0) is 34.9. The Morgan fingerprint density at radius 3 is 2.23 bits per heavy atom. The molecule has 0 aliphatic carbocycles. The van der Waals surface area contributed by atoms with Crippen LogP contribution in [0.4, 0.5) is 30.7 Å². The van der Waals surface area contributed by atoms with Crippen LogP contribution in [0.25, 0.3) is 16.7 Å². The lowest BCUT2D eigenvalue weighted by Crippen LogP contribution is -2.41. The Hall–Kier alpha value is -4.85. The van der Waals surface area contributed by atoms with Gasteiger partial charge in [-0.05, 0) is 61.0 Å². The van der Waals surface area contributed by atoms with Crippen LogP contribution < -0.4 is 5.56 Å². The second-order valence-electron chi connectivity index (χ2n) is 10.3. The summed E-state index contributed by atoms with van der Waals surface area (Å²) in [5.74, 6) is -3.85. The highest BCUT2D eigenvalue weighted by Crippen LogP contribution is 2.33. The van der Waals surface area contributed by atoms with E-state index in [2.05, 4.69) is 9.97 Å². The molecule has 0 fully saturated rings. The topological polar surface area (TPSA) is 126 Å². The molecule has 1 atom stereocenters. The van der Waals surface area contributed by atoms with E-state index in [1.807, 2.05) is 6.07 Å². The number of sulfone groups is 1. The van der Waals surface area contributed by atoms with Crippen molar-refractivity contribution in [2.75, 3.05) is 18.1 Å². The van der Waals surface area contributed by atoms with Crippen molar-refractivity contribution in [1.82, 2.24) is 19.4 Å². The number of hydrogen-bond donors (Lipinski definition) is 0. The van der Waals surface area contributed by atoms with Gasteiger partial charge < -0.3 is 4.90 Å². The van der Waals surface area contributed by atoms with Crippen LogP contribution in [0.5, 0.6) is 0 Å². The molecule has 0 saturated heterocycles. The average molecular weight is 684 g/mol. The molecule has 248 valence electrons. The summed E-state index contributed by atoms with van der Waals surface area (Å²) >= 11 is 0. The Labute approximate surface area is 262 Å². The molecule has 2 heterocycles. The van der Waals surface area contributed by atoms with Gasteiger partial charge in [0, 0.05) is 12.3 Å². The molecule has 2 aromatic heterocycles. The number of aromatic nitrogens is 3. The Balaban J connectivity index is 1.91. The van der Waals surface area contributed by atoms with Gasteiger partial charge in [-0.15, -0.1) is 0 Å². The second kappa shape index (κ2) is 13.1. The number of carbonyl (C=O) groups excluding carboxylic acids is 1. The van der Waals surface area contributed by atoms with Gasteiger partial charge in [-0.2, -0.15) is 31.6 Å². The van der Waals surface area contributed by atoms with Gasteiger partial charge in [0.2, 0.25) is 5.91 Å². The van der Waals surface area contributed by atoms with Gasteiger partial charge in [0.05, 0.1) is 46.5 Å². The van der Waals surface area contributed by atoms with Crippen molar-refractivity contribution in [3.8, 4) is 11.8 Å². The first-order valence-electron chi connectivity index (χ1n) is 13.7. The Morgan fingerprint density at radius 1 is 1.00 bits per heavy atom. The number of hydrogen-bond acceptors (Lipinski definition) is 7. The smallest absolute Gasteiger partial charge is 0.331 e. The molecule has 17 heteroatoms. The number of fused-ring (bicyclic) bond motifs is 1. The molecule has 9 nitrogen and oxygen atoms in total. The van der Waals surface area contributed by atoms with Gasteiger partial charge in [-0.3, -0.25) is 14.2 Å². The van der Waals surface area contributed by atoms with E-state index >= 15 is 0 Å². The van der Waals surface area contributed by atoms with Crippen LogP contribution in [0.2, 0.25) is 0 Å². The molecule has 0 spiro atoms. The highest BCUT2D eigenvalue weighted by molar-refractivity contribution is 7.91. The highest BCUT2D eigenvalue weighted by atomic mass is 32.2. The van der Waals surface area contributed by atoms with E-state index in [4.69, 9.17) is 0 Å². The summed E-state index contributed by atoms with van der Waals surface area (Å²) in [4.78, 5) is 36.1. The number of alkyl halides is 6. The van der Waals surface area contributed by atoms with Gasteiger partial charge in [-0.25, -0.2) is 22.8 Å². The minimum absolute atomic E-state index is 0.0760. The third-order valence-corrected chi connectivity index (χ3v) is 8.92. The lowest BCUT2D eigenvalue weighted by atomic mass is 10.1. The normalized spacial score (nSPS) is 12.9. The minimum atomic E-state index is -5.08. The van der Waals surface area contributed by atoms with Crippen LogP contribution in [0.1, 0.15) is 48.1 Å². The minimum Gasteiger partial charge on any atom is -0.331 e. The van der Waals surface area contributed by atoms with Crippen molar-refractivity contribution in [2.24, 2.45) is 0 Å². The lowest BCUT2D eigenvalue weighted by molar-refractivity contribution is -0.141. The fraction of sp³-hybridized carbons (Fsp3) is 0.300. The third kappa shape index (κ3) is 7.76. The van der Waals surface area contributed by atoms with E-state index in [0.29, 0.717) is 18.2 Å². The predicted octanol–water partition coefficient (Wildman–Crippen LogP) is 5.40. The van der Waals surface area contributed by atoms with Gasteiger partial charge in [0.1, 0.15) is 17.3 Å². The SMILES string of the molecule is CCS(=O)(=O)CCN(C(=O)Cc1ccc(F)c(C(F)(F)F)c1)C(C)c1nc2nc(C(F)(F)F)ccc2c(=O)n1-c1ccc(C#N)cc1. The largest absolute Gasteiger partial charge is 0.433 e. The van der Waals surface area contributed by atoms with Crippen LogP contribution in [-0.4, -0.2) is 51.8 Å². The molecular formula is C30H24F7N5O4S. The van der Waals surface area contributed by atoms with Crippen LogP contribution in [0.15, 0.2) is 59.4 Å². The molecule has 1 amide bonds. The van der Waals surface area contributed by atoms with Gasteiger partial charge in [-0.1, -0.05) is 13.0 Å². The average Bonchev–Trinajstić information content (AvgIpc) is 3.00. The number of carbonyl (C=O) groups is 1. The summed E-state index contributed by atoms with van der Waals surface area (Å²) in [6, 6.07) is 9.23. The van der Waals surface area contributed by atoms with Crippen molar-refractivity contribution in [2.45, 2.75) is 38.7 Å². The molecule has 0 aliphatic rings. The summed E-state index contributed by atoms with van der Waals surface area (Å²) in [5, 5.41) is 8.86. The maximum absolute atomic E-state index is 13.9. The fourth-order valence-corrected chi connectivity index (χ4v) is 5.45. The molecular weight excluding hydrogens is 659 g/mol. The van der Waals surface area contributed by atoms with E-state index in [9.17, 15) is 54.0 Å². The van der Waals surface area contributed by atoms with Crippen LogP contribution in [0.3, 0.4) is 0 Å². The summed E-state index contributed by atoms with van der Waals surface area (Å²) in [7, 11) is -3.75.